The van der Waals surface area contributed by atoms with Gasteiger partial charge in [0.1, 0.15) is 11.5 Å². The third-order valence-electron chi connectivity index (χ3n) is 8.40. The quantitative estimate of drug-likeness (QED) is 0.185. The van der Waals surface area contributed by atoms with Crippen LogP contribution in [0.25, 0.3) is 0 Å². The number of phenolic OH excluding ortho intramolecular Hbond substituents is 2. The van der Waals surface area contributed by atoms with Crippen molar-refractivity contribution in [3.63, 3.8) is 0 Å². The number of phenols is 2. The van der Waals surface area contributed by atoms with Crippen LogP contribution < -0.4 is 19.6 Å². The van der Waals surface area contributed by atoms with Crippen LogP contribution in [0.4, 0.5) is 0 Å². The zero-order valence-corrected chi connectivity index (χ0v) is 35.1. The Kier molecular flexibility index (Phi) is 17.2. The van der Waals surface area contributed by atoms with Gasteiger partial charge in [-0.1, -0.05) is 137 Å². The molecule has 11 heteroatoms. The van der Waals surface area contributed by atoms with E-state index >= 15 is 0 Å². The molecule has 0 saturated heterocycles. The number of hydrogen-bond acceptors (Lipinski definition) is 8. The number of benzene rings is 2. The van der Waals surface area contributed by atoms with Gasteiger partial charge in [0.2, 0.25) is 0 Å². The van der Waals surface area contributed by atoms with Crippen molar-refractivity contribution in [2.45, 2.75) is 169 Å². The van der Waals surface area contributed by atoms with Crippen molar-refractivity contribution in [2.24, 2.45) is 0 Å². The smallest absolute Gasteiger partial charge is 0.123 e. The molecule has 0 heterocycles. The van der Waals surface area contributed by atoms with Crippen LogP contribution in [0.3, 0.4) is 0 Å². The number of rotatable bonds is 10. The molecule has 49 heavy (non-hydrogen) atoms. The molecule has 0 aliphatic carbocycles. The summed E-state index contributed by atoms with van der Waals surface area (Å²) in [5.74, 6) is 0.466. The summed E-state index contributed by atoms with van der Waals surface area (Å²) < 4.78 is 22.9. The van der Waals surface area contributed by atoms with E-state index in [1.807, 2.05) is 83.1 Å². The minimum atomic E-state index is -4.69. The van der Waals surface area contributed by atoms with E-state index in [9.17, 15) is 38.9 Å². The monoisotopic (exact) mass is 766 g/mol. The summed E-state index contributed by atoms with van der Waals surface area (Å²) in [6.45, 7) is 28.0. The average molecular weight is 768 g/mol. The van der Waals surface area contributed by atoms with Gasteiger partial charge in [-0.2, -0.15) is 0 Å². The van der Waals surface area contributed by atoms with Crippen LogP contribution >= 0.6 is 15.2 Å². The molecule has 0 atom stereocenters. The Morgan fingerprint density at radius 2 is 0.816 bits per heavy atom. The second kappa shape index (κ2) is 17.6. The van der Waals surface area contributed by atoms with E-state index in [0.29, 0.717) is 35.1 Å². The molecule has 0 saturated carbocycles. The molecule has 2 aromatic carbocycles. The van der Waals surface area contributed by atoms with Gasteiger partial charge in [0.15, 0.2) is 0 Å². The Morgan fingerprint density at radius 1 is 0.551 bits per heavy atom. The van der Waals surface area contributed by atoms with Crippen molar-refractivity contribution >= 4 is 15.2 Å². The van der Waals surface area contributed by atoms with Gasteiger partial charge >= 0.3 is 0 Å². The van der Waals surface area contributed by atoms with Crippen molar-refractivity contribution in [3.05, 3.63) is 56.6 Å². The minimum absolute atomic E-state index is 0. The molecule has 0 aromatic heterocycles. The Hall–Kier alpha value is -1.17. The molecule has 2 N–H and O–H groups in total. The Balaban J connectivity index is 0.000000922. The SMILES string of the molecule is CCCCc1c(CP(=O)([O-])[O-])cc(C(C)(C)C)c(O)c1C(C)(C)C.CCCCc1c(CP(=O)([O-])[O-])cc(C(C)(C)C)c(O)c1C(C)(C)C.[Ni]. The second-order valence-electron chi connectivity index (χ2n) is 17.3. The van der Waals surface area contributed by atoms with Crippen LogP contribution in [0, 0.1) is 0 Å². The predicted molar refractivity (Wildman–Crippen MR) is 191 cm³/mol. The maximum absolute atomic E-state index is 11.4. The number of unbranched alkanes of at least 4 members (excludes halogenated alkanes) is 2. The van der Waals surface area contributed by atoms with Gasteiger partial charge in [0.25, 0.3) is 0 Å². The van der Waals surface area contributed by atoms with Gasteiger partial charge in [-0.25, -0.2) is 0 Å². The fourth-order valence-electron chi connectivity index (χ4n) is 6.27. The zero-order chi connectivity index (χ0) is 37.8. The summed E-state index contributed by atoms with van der Waals surface area (Å²) >= 11 is 0. The number of hydrogen-bond donors (Lipinski definition) is 2. The molecular formula is C38H62NiO8P2-4. The summed E-state index contributed by atoms with van der Waals surface area (Å²) in [5, 5.41) is 21.9. The van der Waals surface area contributed by atoms with E-state index < -0.39 is 27.5 Å². The molecule has 0 bridgehead atoms. The molecule has 0 aliphatic heterocycles. The predicted octanol–water partition coefficient (Wildman–Crippen LogP) is 7.48. The number of aromatic hydroxyl groups is 2. The fraction of sp³-hybridized carbons (Fsp3) is 0.684. The van der Waals surface area contributed by atoms with Crippen molar-refractivity contribution < 1.29 is 55.4 Å². The average Bonchev–Trinajstić information content (AvgIpc) is 2.84. The van der Waals surface area contributed by atoms with E-state index in [0.717, 1.165) is 47.9 Å². The summed E-state index contributed by atoms with van der Waals surface area (Å²) in [6.07, 6.45) is 4.00. The fourth-order valence-corrected chi connectivity index (χ4v) is 7.67. The molecule has 0 spiro atoms. The topological polar surface area (TPSA) is 167 Å². The molecule has 2 aromatic rings. The standard InChI is InChI=1S/2C19H33O4P.Ni/c2*1-8-9-10-14-13(12-24(21,22)23)11-15(18(2,3)4)17(20)16(14)19(5,6)7;/h2*11,20H,8-10,12H2,1-7H3,(H2,21,22,23);/p-4. The van der Waals surface area contributed by atoms with Gasteiger partial charge in [0, 0.05) is 39.9 Å². The summed E-state index contributed by atoms with van der Waals surface area (Å²) in [6, 6.07) is 3.44. The van der Waals surface area contributed by atoms with Crippen molar-refractivity contribution in [3.8, 4) is 11.5 Å². The van der Waals surface area contributed by atoms with Crippen molar-refractivity contribution in [1.29, 1.82) is 0 Å². The van der Waals surface area contributed by atoms with Crippen molar-refractivity contribution in [1.82, 2.24) is 0 Å². The Labute approximate surface area is 307 Å². The molecule has 0 radical (unpaired) electrons. The maximum atomic E-state index is 11.4. The first kappa shape index (κ1) is 47.8. The van der Waals surface area contributed by atoms with E-state index in [2.05, 4.69) is 13.8 Å². The van der Waals surface area contributed by atoms with Crippen LogP contribution in [0.1, 0.15) is 167 Å². The first-order valence-electron chi connectivity index (χ1n) is 17.2. The molecule has 0 amide bonds. The summed E-state index contributed by atoms with van der Waals surface area (Å²) in [7, 11) is -9.38. The third-order valence-corrected chi connectivity index (χ3v) is 9.86. The molecule has 0 aliphatic rings. The van der Waals surface area contributed by atoms with Gasteiger partial charge < -0.3 is 38.9 Å². The molecule has 2 rings (SSSR count). The van der Waals surface area contributed by atoms with E-state index in [4.69, 9.17) is 0 Å². The van der Waals surface area contributed by atoms with Gasteiger partial charge in [-0.05, 0) is 80.7 Å². The second-order valence-corrected chi connectivity index (χ2v) is 20.4. The van der Waals surface area contributed by atoms with Crippen LogP contribution in [0.5, 0.6) is 11.5 Å². The molecule has 8 nitrogen and oxygen atoms in total. The van der Waals surface area contributed by atoms with Gasteiger partial charge in [-0.3, -0.25) is 0 Å². The normalized spacial score (nSPS) is 13.1. The van der Waals surface area contributed by atoms with Crippen LogP contribution in [0.2, 0.25) is 0 Å². The Morgan fingerprint density at radius 3 is 1.00 bits per heavy atom. The Bertz CT molecular complexity index is 1380. The van der Waals surface area contributed by atoms with Gasteiger partial charge in [0.05, 0.1) is 0 Å². The molecule has 286 valence electrons. The van der Waals surface area contributed by atoms with E-state index in [1.165, 1.54) is 0 Å². The largest absolute Gasteiger partial charge is 0.810 e. The summed E-state index contributed by atoms with van der Waals surface area (Å²) in [4.78, 5) is 45.8. The third kappa shape index (κ3) is 14.4. The molecule has 0 unspecified atom stereocenters. The van der Waals surface area contributed by atoms with Gasteiger partial charge in [-0.15, -0.1) is 0 Å². The maximum Gasteiger partial charge on any atom is 0.123 e. The minimum Gasteiger partial charge on any atom is -0.810 e. The van der Waals surface area contributed by atoms with Crippen LogP contribution in [-0.2, 0) is 72.4 Å². The van der Waals surface area contributed by atoms with Crippen LogP contribution in [0.15, 0.2) is 12.1 Å². The zero-order valence-electron chi connectivity index (χ0n) is 32.4. The van der Waals surface area contributed by atoms with E-state index in [1.54, 1.807) is 12.1 Å². The van der Waals surface area contributed by atoms with E-state index in [-0.39, 0.29) is 49.7 Å². The first-order valence-corrected chi connectivity index (χ1v) is 20.6. The van der Waals surface area contributed by atoms with Crippen LogP contribution in [-0.4, -0.2) is 10.2 Å². The summed E-state index contributed by atoms with van der Waals surface area (Å²) in [5.41, 5.74) is 4.26. The van der Waals surface area contributed by atoms with Crippen molar-refractivity contribution in [2.75, 3.05) is 0 Å². The first-order chi connectivity index (χ1) is 21.4. The molecule has 0 fully saturated rings. The molecular weight excluding hydrogens is 705 g/mol.